The van der Waals surface area contributed by atoms with Gasteiger partial charge >= 0.3 is 0 Å². The van der Waals surface area contributed by atoms with Gasteiger partial charge in [-0.05, 0) is 6.07 Å². The lowest BCUT2D eigenvalue weighted by molar-refractivity contribution is 1.09. The molecule has 1 aromatic heterocycles. The fourth-order valence-electron chi connectivity index (χ4n) is 0.215. The predicted molar refractivity (Wildman–Crippen MR) is 38.5 cm³/mol. The quantitative estimate of drug-likeness (QED) is 0.373. The molecule has 0 unspecified atom stereocenters. The number of rotatable bonds is 0. The highest BCUT2D eigenvalue weighted by molar-refractivity contribution is 5.76. The molecule has 4 heteroatoms. The van der Waals surface area contributed by atoms with Crippen LogP contribution >= 0.6 is 0 Å². The third-order valence-electron chi connectivity index (χ3n) is 0.406. The second-order valence-corrected chi connectivity index (χ2v) is 0.766. The van der Waals surface area contributed by atoms with Gasteiger partial charge < -0.3 is 0 Å². The molecule has 0 aliphatic rings. The molecule has 0 aliphatic carbocycles. The fraction of sp³-hybridized carbons (Fsp3) is 0. The standard InChI is InChI=1S/C3H4N2.2BH3/c1-2-4-5-3-1;;/h1-3H,(H,4,5);2*1H3. The van der Waals surface area contributed by atoms with Crippen molar-refractivity contribution in [3.8, 4) is 0 Å². The normalized spacial score (nSPS) is 5.71. The minimum atomic E-state index is 0. The van der Waals surface area contributed by atoms with E-state index in [2.05, 4.69) is 10.2 Å². The average molecular weight is 95.8 g/mol. The molecule has 0 aromatic carbocycles. The van der Waals surface area contributed by atoms with Crippen LogP contribution in [0.1, 0.15) is 0 Å². The molecule has 0 fully saturated rings. The summed E-state index contributed by atoms with van der Waals surface area (Å²) in [5.41, 5.74) is 0. The molecule has 0 spiro atoms. The topological polar surface area (TPSA) is 28.7 Å². The summed E-state index contributed by atoms with van der Waals surface area (Å²) >= 11 is 0. The van der Waals surface area contributed by atoms with Crippen molar-refractivity contribution >= 4 is 16.8 Å². The first-order valence-corrected chi connectivity index (χ1v) is 1.44. The highest BCUT2D eigenvalue weighted by Crippen LogP contribution is 1.64. The van der Waals surface area contributed by atoms with Crippen LogP contribution in [-0.4, -0.2) is 27.0 Å². The van der Waals surface area contributed by atoms with E-state index in [0.29, 0.717) is 0 Å². The molecule has 0 radical (unpaired) electrons. The smallest absolute Gasteiger partial charge is 0.0814 e. The molecule has 1 rings (SSSR count). The molecule has 0 bridgehead atoms. The highest BCUT2D eigenvalue weighted by Gasteiger charge is 1.56. The fourth-order valence-corrected chi connectivity index (χ4v) is 0.215. The Morgan fingerprint density at radius 3 is 2.14 bits per heavy atom. The lowest BCUT2D eigenvalue weighted by atomic mass is 10.8. The zero-order chi connectivity index (χ0) is 3.54. The van der Waals surface area contributed by atoms with Crippen LogP contribution in [0.25, 0.3) is 0 Å². The van der Waals surface area contributed by atoms with E-state index in [4.69, 9.17) is 0 Å². The van der Waals surface area contributed by atoms with Gasteiger partial charge in [0.2, 0.25) is 0 Å². The summed E-state index contributed by atoms with van der Waals surface area (Å²) in [6.45, 7) is 0. The van der Waals surface area contributed by atoms with E-state index in [-0.39, 0.29) is 16.8 Å². The Labute approximate surface area is 46.5 Å². The van der Waals surface area contributed by atoms with Gasteiger partial charge in [-0.1, -0.05) is 0 Å². The Hall–Kier alpha value is -0.660. The predicted octanol–water partition coefficient (Wildman–Crippen LogP) is -1.96. The third kappa shape index (κ3) is 3.16. The van der Waals surface area contributed by atoms with Crippen LogP contribution in [0.15, 0.2) is 18.5 Å². The second-order valence-electron chi connectivity index (χ2n) is 0.766. The molecular weight excluding hydrogens is 85.7 g/mol. The van der Waals surface area contributed by atoms with Crippen LogP contribution in [0.5, 0.6) is 0 Å². The number of nitrogens with zero attached hydrogens (tertiary/aromatic N) is 1. The SMILES string of the molecule is B.B.c1cn[nH]c1. The van der Waals surface area contributed by atoms with Gasteiger partial charge in [0.25, 0.3) is 0 Å². The second kappa shape index (κ2) is 5.34. The number of hydrogen-bond acceptors (Lipinski definition) is 1. The molecular formula is C3H10B2N2. The number of aromatic amines is 1. The summed E-state index contributed by atoms with van der Waals surface area (Å²) < 4.78 is 0. The summed E-state index contributed by atoms with van der Waals surface area (Å²) in [6, 6.07) is 1.83. The van der Waals surface area contributed by atoms with Gasteiger partial charge in [-0.3, -0.25) is 5.10 Å². The zero-order valence-corrected chi connectivity index (χ0v) is 2.68. The Kier molecular flexibility index (Phi) is 7.32. The van der Waals surface area contributed by atoms with Crippen molar-refractivity contribution in [1.29, 1.82) is 0 Å². The van der Waals surface area contributed by atoms with E-state index in [1.807, 2.05) is 6.07 Å². The first-order valence-electron chi connectivity index (χ1n) is 1.44. The molecule has 0 saturated carbocycles. The third-order valence-corrected chi connectivity index (χ3v) is 0.406. The number of H-pyrrole nitrogens is 1. The van der Waals surface area contributed by atoms with E-state index in [0.717, 1.165) is 0 Å². The van der Waals surface area contributed by atoms with Crippen molar-refractivity contribution in [2.45, 2.75) is 0 Å². The molecule has 38 valence electrons. The van der Waals surface area contributed by atoms with Crippen LogP contribution in [-0.2, 0) is 0 Å². The Balaban J connectivity index is 0. The average Bonchev–Trinajstić information content (AvgIpc) is 1.76. The first-order chi connectivity index (χ1) is 2.50. The van der Waals surface area contributed by atoms with Gasteiger partial charge in [-0.2, -0.15) is 5.10 Å². The van der Waals surface area contributed by atoms with E-state index < -0.39 is 0 Å². The van der Waals surface area contributed by atoms with Crippen LogP contribution in [0.4, 0.5) is 0 Å². The van der Waals surface area contributed by atoms with E-state index in [1.54, 1.807) is 12.4 Å². The molecule has 2 nitrogen and oxygen atoms in total. The summed E-state index contributed by atoms with van der Waals surface area (Å²) in [5, 5.41) is 6.21. The maximum atomic E-state index is 3.60. The first kappa shape index (κ1) is 9.60. The highest BCUT2D eigenvalue weighted by atomic mass is 15.1. The molecule has 0 saturated heterocycles. The molecule has 0 amide bonds. The van der Waals surface area contributed by atoms with Crippen molar-refractivity contribution in [2.24, 2.45) is 0 Å². The Morgan fingerprint density at radius 2 is 2.00 bits per heavy atom. The molecule has 1 heterocycles. The molecule has 1 aromatic rings. The number of hydrogen-bond donors (Lipinski definition) is 1. The minimum Gasteiger partial charge on any atom is -0.286 e. The van der Waals surface area contributed by atoms with Gasteiger partial charge in [0, 0.05) is 12.4 Å². The summed E-state index contributed by atoms with van der Waals surface area (Å²) in [4.78, 5) is 0. The van der Waals surface area contributed by atoms with Crippen molar-refractivity contribution in [1.82, 2.24) is 10.2 Å². The summed E-state index contributed by atoms with van der Waals surface area (Å²) in [5.74, 6) is 0. The van der Waals surface area contributed by atoms with Crippen molar-refractivity contribution < 1.29 is 0 Å². The zero-order valence-electron chi connectivity index (χ0n) is 2.68. The van der Waals surface area contributed by atoms with Gasteiger partial charge in [0.1, 0.15) is 0 Å². The van der Waals surface area contributed by atoms with E-state index in [1.165, 1.54) is 0 Å². The molecule has 1 N–H and O–H groups in total. The van der Waals surface area contributed by atoms with E-state index >= 15 is 0 Å². The van der Waals surface area contributed by atoms with Crippen molar-refractivity contribution in [3.05, 3.63) is 18.5 Å². The lowest BCUT2D eigenvalue weighted by Crippen LogP contribution is -1.53. The lowest BCUT2D eigenvalue weighted by Gasteiger charge is -1.49. The van der Waals surface area contributed by atoms with E-state index in [9.17, 15) is 0 Å². The Bertz CT molecular complexity index is 67.4. The number of nitrogens with one attached hydrogen (secondary N) is 1. The molecule has 0 aliphatic heterocycles. The largest absolute Gasteiger partial charge is 0.286 e. The van der Waals surface area contributed by atoms with Gasteiger partial charge in [-0.15, -0.1) is 0 Å². The van der Waals surface area contributed by atoms with Gasteiger partial charge in [0.05, 0.1) is 16.8 Å². The Morgan fingerprint density at radius 1 is 1.29 bits per heavy atom. The van der Waals surface area contributed by atoms with Crippen LogP contribution < -0.4 is 0 Å². The minimum absolute atomic E-state index is 0. The monoisotopic (exact) mass is 96.1 g/mol. The summed E-state index contributed by atoms with van der Waals surface area (Å²) in [6.07, 6.45) is 3.46. The van der Waals surface area contributed by atoms with Crippen molar-refractivity contribution in [2.75, 3.05) is 0 Å². The maximum absolute atomic E-state index is 3.60. The van der Waals surface area contributed by atoms with Gasteiger partial charge in [-0.25, -0.2) is 0 Å². The van der Waals surface area contributed by atoms with Crippen LogP contribution in [0.2, 0.25) is 0 Å². The van der Waals surface area contributed by atoms with Crippen LogP contribution in [0, 0.1) is 0 Å². The van der Waals surface area contributed by atoms with Gasteiger partial charge in [0.15, 0.2) is 0 Å². The maximum Gasteiger partial charge on any atom is 0.0814 e. The van der Waals surface area contributed by atoms with Crippen molar-refractivity contribution in [3.63, 3.8) is 0 Å². The van der Waals surface area contributed by atoms with Crippen LogP contribution in [0.3, 0.4) is 0 Å². The number of aromatic nitrogens is 2. The summed E-state index contributed by atoms with van der Waals surface area (Å²) in [7, 11) is 0. The molecule has 0 atom stereocenters. The molecule has 7 heavy (non-hydrogen) atoms.